The minimum absolute atomic E-state index is 0.532. The van der Waals surface area contributed by atoms with Gasteiger partial charge in [-0.2, -0.15) is 4.37 Å². The molecule has 104 valence electrons. The van der Waals surface area contributed by atoms with Crippen LogP contribution < -0.4 is 11.1 Å². The van der Waals surface area contributed by atoms with E-state index in [9.17, 15) is 0 Å². The van der Waals surface area contributed by atoms with Crippen LogP contribution in [-0.4, -0.2) is 25.9 Å². The fourth-order valence-electron chi connectivity index (χ4n) is 1.88. The summed E-state index contributed by atoms with van der Waals surface area (Å²) < 4.78 is 4.22. The van der Waals surface area contributed by atoms with E-state index >= 15 is 0 Å². The maximum absolute atomic E-state index is 5.96. The molecular formula is C12H14N6S2. The van der Waals surface area contributed by atoms with Crippen molar-refractivity contribution in [1.82, 2.24) is 19.3 Å². The van der Waals surface area contributed by atoms with Crippen LogP contribution in [0.2, 0.25) is 0 Å². The lowest BCUT2D eigenvalue weighted by Gasteiger charge is -2.04. The molecule has 6 nitrogen and oxygen atoms in total. The number of hydrogen-bond acceptors (Lipinski definition) is 7. The second kappa shape index (κ2) is 5.59. The average molecular weight is 306 g/mol. The zero-order valence-electron chi connectivity index (χ0n) is 10.9. The van der Waals surface area contributed by atoms with Crippen molar-refractivity contribution < 1.29 is 0 Å². The third-order valence-corrected chi connectivity index (χ3v) is 4.42. The van der Waals surface area contributed by atoms with Crippen molar-refractivity contribution in [2.75, 3.05) is 17.6 Å². The molecule has 0 amide bonds. The molecule has 3 aromatic rings. The predicted molar refractivity (Wildman–Crippen MR) is 83.2 cm³/mol. The molecule has 3 aromatic heterocycles. The summed E-state index contributed by atoms with van der Waals surface area (Å²) in [6.45, 7) is 2.77. The first-order valence-corrected chi connectivity index (χ1v) is 7.78. The van der Waals surface area contributed by atoms with Gasteiger partial charge in [-0.3, -0.25) is 0 Å². The number of anilines is 2. The normalized spacial score (nSPS) is 10.8. The number of nitrogen functional groups attached to an aromatic ring is 1. The highest BCUT2D eigenvalue weighted by Gasteiger charge is 2.15. The van der Waals surface area contributed by atoms with E-state index in [1.807, 2.05) is 18.5 Å². The topological polar surface area (TPSA) is 92.5 Å². The van der Waals surface area contributed by atoms with Gasteiger partial charge in [0.15, 0.2) is 0 Å². The SMILES string of the molecule is Cc1nc(-c2c(N)nsc2NCCc2cnc[nH]2)cs1. The van der Waals surface area contributed by atoms with E-state index in [2.05, 4.69) is 24.6 Å². The molecule has 0 atom stereocenters. The molecule has 0 unspecified atom stereocenters. The minimum atomic E-state index is 0.532. The molecule has 0 fully saturated rings. The number of nitrogens with zero attached hydrogens (tertiary/aromatic N) is 3. The van der Waals surface area contributed by atoms with E-state index in [-0.39, 0.29) is 0 Å². The van der Waals surface area contributed by atoms with Crippen LogP contribution >= 0.6 is 22.9 Å². The van der Waals surface area contributed by atoms with Crippen LogP contribution in [0.15, 0.2) is 17.9 Å². The van der Waals surface area contributed by atoms with E-state index in [0.29, 0.717) is 5.82 Å². The molecule has 0 saturated carbocycles. The molecular weight excluding hydrogens is 292 g/mol. The van der Waals surface area contributed by atoms with Gasteiger partial charge >= 0.3 is 0 Å². The van der Waals surface area contributed by atoms with Crippen molar-refractivity contribution in [2.45, 2.75) is 13.3 Å². The van der Waals surface area contributed by atoms with Gasteiger partial charge in [0.05, 0.1) is 22.6 Å². The van der Waals surface area contributed by atoms with Crippen LogP contribution in [0, 0.1) is 6.92 Å². The molecule has 0 aliphatic heterocycles. The Labute approximate surface area is 124 Å². The largest absolute Gasteiger partial charge is 0.382 e. The van der Waals surface area contributed by atoms with Gasteiger partial charge in [-0.1, -0.05) is 0 Å². The van der Waals surface area contributed by atoms with Crippen LogP contribution in [0.4, 0.5) is 10.8 Å². The summed E-state index contributed by atoms with van der Waals surface area (Å²) in [6, 6.07) is 0. The Balaban J connectivity index is 1.74. The number of nitrogens with two attached hydrogens (primary N) is 1. The van der Waals surface area contributed by atoms with E-state index < -0.39 is 0 Å². The Morgan fingerprint density at radius 1 is 1.45 bits per heavy atom. The zero-order chi connectivity index (χ0) is 13.9. The van der Waals surface area contributed by atoms with Gasteiger partial charge in [0.2, 0.25) is 0 Å². The Morgan fingerprint density at radius 3 is 3.05 bits per heavy atom. The van der Waals surface area contributed by atoms with Gasteiger partial charge in [-0.15, -0.1) is 11.3 Å². The van der Waals surface area contributed by atoms with Gasteiger partial charge < -0.3 is 16.0 Å². The van der Waals surface area contributed by atoms with Gasteiger partial charge in [0.1, 0.15) is 10.8 Å². The smallest absolute Gasteiger partial charge is 0.148 e. The van der Waals surface area contributed by atoms with Crippen molar-refractivity contribution in [3.8, 4) is 11.3 Å². The lowest BCUT2D eigenvalue weighted by atomic mass is 10.2. The first-order valence-electron chi connectivity index (χ1n) is 6.13. The number of aromatic amines is 1. The molecule has 0 aromatic carbocycles. The summed E-state index contributed by atoms with van der Waals surface area (Å²) in [5.41, 5.74) is 8.85. The van der Waals surface area contributed by atoms with E-state index in [0.717, 1.165) is 39.9 Å². The summed E-state index contributed by atoms with van der Waals surface area (Å²) in [5, 5.41) is 7.37. The Morgan fingerprint density at radius 2 is 2.35 bits per heavy atom. The lowest BCUT2D eigenvalue weighted by molar-refractivity contribution is 0.980. The van der Waals surface area contributed by atoms with Crippen LogP contribution in [0.25, 0.3) is 11.3 Å². The van der Waals surface area contributed by atoms with Gasteiger partial charge in [0.25, 0.3) is 0 Å². The second-order valence-electron chi connectivity index (χ2n) is 4.28. The van der Waals surface area contributed by atoms with E-state index in [1.54, 1.807) is 17.7 Å². The zero-order valence-corrected chi connectivity index (χ0v) is 12.5. The van der Waals surface area contributed by atoms with Crippen molar-refractivity contribution in [3.63, 3.8) is 0 Å². The molecule has 0 aliphatic rings. The highest BCUT2D eigenvalue weighted by Crippen LogP contribution is 2.36. The molecule has 0 saturated heterocycles. The number of aryl methyl sites for hydroxylation is 1. The summed E-state index contributed by atoms with van der Waals surface area (Å²) in [4.78, 5) is 11.6. The molecule has 0 radical (unpaired) electrons. The number of H-pyrrole nitrogens is 1. The lowest BCUT2D eigenvalue weighted by Crippen LogP contribution is -2.05. The minimum Gasteiger partial charge on any atom is -0.382 e. The number of hydrogen-bond donors (Lipinski definition) is 3. The number of nitrogens with one attached hydrogen (secondary N) is 2. The molecule has 0 spiro atoms. The van der Waals surface area contributed by atoms with E-state index in [1.165, 1.54) is 11.5 Å². The van der Waals surface area contributed by atoms with Crippen LogP contribution in [0.5, 0.6) is 0 Å². The van der Waals surface area contributed by atoms with Crippen molar-refractivity contribution >= 4 is 33.7 Å². The number of rotatable bonds is 5. The fraction of sp³-hybridized carbons (Fsp3) is 0.250. The van der Waals surface area contributed by atoms with E-state index in [4.69, 9.17) is 5.73 Å². The van der Waals surface area contributed by atoms with Crippen LogP contribution in [-0.2, 0) is 6.42 Å². The summed E-state index contributed by atoms with van der Waals surface area (Å²) in [7, 11) is 0. The molecule has 3 rings (SSSR count). The quantitative estimate of drug-likeness (QED) is 0.673. The maximum Gasteiger partial charge on any atom is 0.148 e. The number of aromatic nitrogens is 4. The standard InChI is InChI=1S/C12H14N6S2/c1-7-17-9(5-19-7)10-11(13)18-20-12(10)15-3-2-8-4-14-6-16-8/h4-6,15H,2-3H2,1H3,(H2,13,18)(H,14,16). The third-order valence-electron chi connectivity index (χ3n) is 2.83. The molecule has 8 heteroatoms. The number of thiazole rings is 1. The molecule has 0 bridgehead atoms. The van der Waals surface area contributed by atoms with Crippen molar-refractivity contribution in [1.29, 1.82) is 0 Å². The summed E-state index contributed by atoms with van der Waals surface area (Å²) in [6.07, 6.45) is 4.38. The fourth-order valence-corrected chi connectivity index (χ4v) is 3.23. The van der Waals surface area contributed by atoms with Crippen LogP contribution in [0.3, 0.4) is 0 Å². The molecule has 0 aliphatic carbocycles. The Bertz CT molecular complexity index is 685. The summed E-state index contributed by atoms with van der Waals surface area (Å²) >= 11 is 2.98. The average Bonchev–Trinajstić information content (AvgIpc) is 3.12. The van der Waals surface area contributed by atoms with Crippen LogP contribution in [0.1, 0.15) is 10.7 Å². The summed E-state index contributed by atoms with van der Waals surface area (Å²) in [5.74, 6) is 0.532. The number of imidazole rings is 1. The second-order valence-corrected chi connectivity index (χ2v) is 6.11. The highest BCUT2D eigenvalue weighted by molar-refractivity contribution is 7.11. The maximum atomic E-state index is 5.96. The molecule has 4 N–H and O–H groups in total. The predicted octanol–water partition coefficient (Wildman–Crippen LogP) is 2.53. The first-order chi connectivity index (χ1) is 9.74. The van der Waals surface area contributed by atoms with Gasteiger partial charge in [-0.25, -0.2) is 9.97 Å². The Hall–Kier alpha value is -1.93. The third kappa shape index (κ3) is 2.66. The van der Waals surface area contributed by atoms with Gasteiger partial charge in [0, 0.05) is 30.2 Å². The monoisotopic (exact) mass is 306 g/mol. The molecule has 3 heterocycles. The highest BCUT2D eigenvalue weighted by atomic mass is 32.1. The van der Waals surface area contributed by atoms with Crippen molar-refractivity contribution in [3.05, 3.63) is 28.6 Å². The van der Waals surface area contributed by atoms with Gasteiger partial charge in [-0.05, 0) is 18.5 Å². The first kappa shape index (κ1) is 13.1. The Kier molecular flexibility index (Phi) is 3.66. The molecule has 20 heavy (non-hydrogen) atoms. The van der Waals surface area contributed by atoms with Crippen molar-refractivity contribution in [2.24, 2.45) is 0 Å².